The maximum atomic E-state index is 4.85. The van der Waals surface area contributed by atoms with E-state index in [0.29, 0.717) is 6.04 Å². The van der Waals surface area contributed by atoms with E-state index in [2.05, 4.69) is 56.8 Å². The molecule has 27 heavy (non-hydrogen) atoms. The number of rotatable bonds is 6. The molecule has 152 valence electrons. The smallest absolute Gasteiger partial charge is 0.191 e. The van der Waals surface area contributed by atoms with Crippen molar-refractivity contribution in [3.63, 3.8) is 0 Å². The molecule has 0 aromatic carbocycles. The summed E-state index contributed by atoms with van der Waals surface area (Å²) in [6.45, 7) is 12.0. The van der Waals surface area contributed by atoms with Crippen LogP contribution in [0.3, 0.4) is 0 Å². The van der Waals surface area contributed by atoms with Crippen LogP contribution in [-0.2, 0) is 0 Å². The Balaban J connectivity index is 1.42. The highest BCUT2D eigenvalue weighted by molar-refractivity contribution is 7.14. The van der Waals surface area contributed by atoms with Gasteiger partial charge in [-0.2, -0.15) is 0 Å². The van der Waals surface area contributed by atoms with Gasteiger partial charge in [0.25, 0.3) is 0 Å². The van der Waals surface area contributed by atoms with Crippen LogP contribution in [0.25, 0.3) is 0 Å². The van der Waals surface area contributed by atoms with E-state index in [0.717, 1.165) is 45.2 Å². The molecule has 1 aromatic heterocycles. The van der Waals surface area contributed by atoms with Gasteiger partial charge in [-0.15, -0.1) is 11.3 Å². The Bertz CT molecular complexity index is 553. The lowest BCUT2D eigenvalue weighted by Gasteiger charge is -2.33. The lowest BCUT2D eigenvalue weighted by Crippen LogP contribution is -2.48. The topological polar surface area (TPSA) is 46.1 Å². The van der Waals surface area contributed by atoms with Crippen LogP contribution >= 0.6 is 11.3 Å². The van der Waals surface area contributed by atoms with Gasteiger partial charge < -0.3 is 25.3 Å². The van der Waals surface area contributed by atoms with Crippen molar-refractivity contribution in [3.05, 3.63) is 17.5 Å². The van der Waals surface area contributed by atoms with E-state index in [1.165, 1.54) is 43.9 Å². The van der Waals surface area contributed by atoms with Crippen molar-refractivity contribution in [2.24, 2.45) is 4.99 Å². The zero-order valence-corrected chi connectivity index (χ0v) is 17.8. The molecule has 7 heteroatoms. The van der Waals surface area contributed by atoms with Gasteiger partial charge in [-0.25, -0.2) is 0 Å². The molecule has 3 rings (SSSR count). The summed E-state index contributed by atoms with van der Waals surface area (Å²) in [6, 6.07) is 4.89. The molecule has 0 aliphatic carbocycles. The molecule has 0 radical (unpaired) electrons. The van der Waals surface area contributed by atoms with E-state index in [-0.39, 0.29) is 0 Å². The number of piperidine rings is 1. The van der Waals surface area contributed by atoms with Crippen molar-refractivity contribution in [3.8, 4) is 0 Å². The Kier molecular flexibility index (Phi) is 8.23. The molecule has 2 fully saturated rings. The number of likely N-dealkylation sites (N-methyl/N-ethyl adjacent to an activating group) is 1. The summed E-state index contributed by atoms with van der Waals surface area (Å²) in [6.07, 6.45) is 3.60. The fraction of sp³-hybridized carbons (Fsp3) is 0.750. The Morgan fingerprint density at radius 2 is 2.04 bits per heavy atom. The van der Waals surface area contributed by atoms with Crippen molar-refractivity contribution < 1.29 is 0 Å². The number of hydrogen-bond donors (Lipinski definition) is 2. The monoisotopic (exact) mass is 392 g/mol. The molecule has 0 spiro atoms. The van der Waals surface area contributed by atoms with Crippen LogP contribution in [0, 0.1) is 0 Å². The second-order valence-corrected chi connectivity index (χ2v) is 8.54. The van der Waals surface area contributed by atoms with Crippen LogP contribution < -0.4 is 15.5 Å². The first-order chi connectivity index (χ1) is 13.2. The third-order valence-electron chi connectivity index (χ3n) is 5.50. The summed E-state index contributed by atoms with van der Waals surface area (Å²) in [4.78, 5) is 12.3. The summed E-state index contributed by atoms with van der Waals surface area (Å²) >= 11 is 1.84. The zero-order chi connectivity index (χ0) is 18.9. The molecule has 2 aliphatic rings. The number of thiophene rings is 1. The summed E-state index contributed by atoms with van der Waals surface area (Å²) in [5, 5.41) is 10.7. The first kappa shape index (κ1) is 20.4. The quantitative estimate of drug-likeness (QED) is 0.572. The van der Waals surface area contributed by atoms with Crippen molar-refractivity contribution >= 4 is 22.3 Å². The van der Waals surface area contributed by atoms with Crippen LogP contribution in [-0.4, -0.2) is 87.8 Å². The Hall–Kier alpha value is -1.31. The molecular weight excluding hydrogens is 356 g/mol. The number of hydrogen-bond acceptors (Lipinski definition) is 5. The second-order valence-electron chi connectivity index (χ2n) is 7.62. The van der Waals surface area contributed by atoms with Gasteiger partial charge in [-0.05, 0) is 63.8 Å². The van der Waals surface area contributed by atoms with E-state index in [9.17, 15) is 0 Å². The van der Waals surface area contributed by atoms with Gasteiger partial charge in [0.15, 0.2) is 5.96 Å². The highest BCUT2D eigenvalue weighted by Gasteiger charge is 2.20. The Morgan fingerprint density at radius 3 is 2.78 bits per heavy atom. The molecule has 0 amide bonds. The number of guanidine groups is 1. The van der Waals surface area contributed by atoms with Crippen molar-refractivity contribution in [2.45, 2.75) is 32.2 Å². The van der Waals surface area contributed by atoms with E-state index in [4.69, 9.17) is 4.99 Å². The second kappa shape index (κ2) is 10.9. The molecule has 0 saturated carbocycles. The van der Waals surface area contributed by atoms with Crippen LogP contribution in [0.4, 0.5) is 5.00 Å². The minimum Gasteiger partial charge on any atom is -0.363 e. The third kappa shape index (κ3) is 6.66. The normalized spacial score (nSPS) is 21.3. The van der Waals surface area contributed by atoms with Crippen molar-refractivity contribution in [1.29, 1.82) is 0 Å². The zero-order valence-electron chi connectivity index (χ0n) is 17.0. The van der Waals surface area contributed by atoms with Crippen LogP contribution in [0.1, 0.15) is 26.2 Å². The molecular formula is C20H36N6S. The minimum absolute atomic E-state index is 0.519. The van der Waals surface area contributed by atoms with Gasteiger partial charge in [0, 0.05) is 45.3 Å². The summed E-state index contributed by atoms with van der Waals surface area (Å²) < 4.78 is 0. The number of nitrogens with zero attached hydrogens (tertiary/aromatic N) is 4. The van der Waals surface area contributed by atoms with Crippen LogP contribution in [0.5, 0.6) is 0 Å². The van der Waals surface area contributed by atoms with Crippen molar-refractivity contribution in [1.82, 2.24) is 20.4 Å². The van der Waals surface area contributed by atoms with Gasteiger partial charge in [0.2, 0.25) is 0 Å². The van der Waals surface area contributed by atoms with E-state index in [1.54, 1.807) is 0 Å². The molecule has 2 aliphatic heterocycles. The van der Waals surface area contributed by atoms with Gasteiger partial charge in [-0.3, -0.25) is 4.99 Å². The maximum absolute atomic E-state index is 4.85. The van der Waals surface area contributed by atoms with Gasteiger partial charge >= 0.3 is 0 Å². The van der Waals surface area contributed by atoms with E-state index in [1.807, 2.05) is 11.3 Å². The first-order valence-electron chi connectivity index (χ1n) is 10.5. The molecule has 0 bridgehead atoms. The molecule has 1 aromatic rings. The van der Waals surface area contributed by atoms with Gasteiger partial charge in [-0.1, -0.05) is 0 Å². The predicted molar refractivity (Wildman–Crippen MR) is 117 cm³/mol. The van der Waals surface area contributed by atoms with Gasteiger partial charge in [0.05, 0.1) is 11.5 Å². The van der Waals surface area contributed by atoms with Crippen molar-refractivity contribution in [2.75, 3.05) is 70.9 Å². The molecule has 0 atom stereocenters. The van der Waals surface area contributed by atoms with Crippen LogP contribution in [0.2, 0.25) is 0 Å². The largest absolute Gasteiger partial charge is 0.363 e. The molecule has 2 saturated heterocycles. The standard InChI is InChI=1S/C20H36N6S/c1-3-21-20(22-9-14-25-11-5-10-24(2)15-16-25)23-18-7-12-26(13-8-18)19-6-4-17-27-19/h4,6,17-18H,3,5,7-16H2,1-2H3,(H2,21,22,23). The molecule has 3 heterocycles. The number of nitrogens with one attached hydrogen (secondary N) is 2. The third-order valence-corrected chi connectivity index (χ3v) is 6.43. The lowest BCUT2D eigenvalue weighted by molar-refractivity contribution is 0.283. The lowest BCUT2D eigenvalue weighted by atomic mass is 10.1. The summed E-state index contributed by atoms with van der Waals surface area (Å²) in [5.74, 6) is 0.985. The average molecular weight is 393 g/mol. The highest BCUT2D eigenvalue weighted by Crippen LogP contribution is 2.24. The predicted octanol–water partition coefficient (Wildman–Crippen LogP) is 1.91. The SMILES string of the molecule is CCNC(=NCCN1CCCN(C)CC1)NC1CCN(c2cccs2)CC1. The summed E-state index contributed by atoms with van der Waals surface area (Å²) in [7, 11) is 2.22. The average Bonchev–Trinajstić information content (AvgIpc) is 3.13. The van der Waals surface area contributed by atoms with Crippen LogP contribution in [0.15, 0.2) is 22.5 Å². The van der Waals surface area contributed by atoms with E-state index >= 15 is 0 Å². The van der Waals surface area contributed by atoms with E-state index < -0.39 is 0 Å². The highest BCUT2D eigenvalue weighted by atomic mass is 32.1. The summed E-state index contributed by atoms with van der Waals surface area (Å²) in [5.41, 5.74) is 0. The first-order valence-corrected chi connectivity index (χ1v) is 11.4. The number of aliphatic imine (C=N–C) groups is 1. The molecule has 0 unspecified atom stereocenters. The Labute approximate surface area is 168 Å². The molecule has 6 nitrogen and oxygen atoms in total. The minimum atomic E-state index is 0.519. The fourth-order valence-corrected chi connectivity index (χ4v) is 4.62. The number of anilines is 1. The maximum Gasteiger partial charge on any atom is 0.191 e. The van der Waals surface area contributed by atoms with Gasteiger partial charge in [0.1, 0.15) is 0 Å². The molecule has 2 N–H and O–H groups in total. The fourth-order valence-electron chi connectivity index (χ4n) is 3.83. The Morgan fingerprint density at radius 1 is 1.19 bits per heavy atom.